The summed E-state index contributed by atoms with van der Waals surface area (Å²) < 4.78 is 1.51. The number of pyridine rings is 1. The third-order valence-corrected chi connectivity index (χ3v) is 2.80. The van der Waals surface area contributed by atoms with E-state index < -0.39 is 6.10 Å². The van der Waals surface area contributed by atoms with E-state index in [2.05, 4.69) is 20.6 Å². The van der Waals surface area contributed by atoms with E-state index in [4.69, 9.17) is 0 Å². The molecule has 2 aromatic heterocycles. The molecule has 20 heavy (non-hydrogen) atoms. The van der Waals surface area contributed by atoms with Gasteiger partial charge in [0.2, 0.25) is 0 Å². The summed E-state index contributed by atoms with van der Waals surface area (Å²) in [5, 5.41) is 19.9. The van der Waals surface area contributed by atoms with Gasteiger partial charge in [0.15, 0.2) is 0 Å². The number of rotatable bonds is 5. The van der Waals surface area contributed by atoms with Crippen molar-refractivity contribution in [3.63, 3.8) is 0 Å². The fraction of sp³-hybridized carbons (Fsp3) is 0.385. The first-order chi connectivity index (χ1) is 9.56. The second kappa shape index (κ2) is 6.25. The lowest BCUT2D eigenvalue weighted by atomic mass is 10.1. The highest BCUT2D eigenvalue weighted by molar-refractivity contribution is 5.93. The average Bonchev–Trinajstić information content (AvgIpc) is 2.89. The standard InChI is InChI=1S/C13H17N5O2/c1-9-5-10(2)12(14-6-9)13(20)15-7-11(19)8-18-4-3-16-17-18/h3-6,11,19H,7-8H2,1-2H3,(H,15,20). The van der Waals surface area contributed by atoms with E-state index in [1.165, 1.54) is 10.9 Å². The molecule has 0 aliphatic heterocycles. The Bertz CT molecular complexity index is 582. The van der Waals surface area contributed by atoms with Gasteiger partial charge in [0, 0.05) is 18.9 Å². The Labute approximate surface area is 116 Å². The number of nitrogens with one attached hydrogen (secondary N) is 1. The molecule has 0 aliphatic carbocycles. The number of carbonyl (C=O) groups is 1. The van der Waals surface area contributed by atoms with Crippen LogP contribution in [0.25, 0.3) is 0 Å². The van der Waals surface area contributed by atoms with Gasteiger partial charge >= 0.3 is 0 Å². The number of aryl methyl sites for hydroxylation is 2. The zero-order chi connectivity index (χ0) is 14.5. The first-order valence-electron chi connectivity index (χ1n) is 6.30. The Balaban J connectivity index is 1.88. The lowest BCUT2D eigenvalue weighted by molar-refractivity contribution is 0.0894. The van der Waals surface area contributed by atoms with Gasteiger partial charge in [-0.05, 0) is 25.0 Å². The summed E-state index contributed by atoms with van der Waals surface area (Å²) in [6.07, 6.45) is 4.10. The summed E-state index contributed by atoms with van der Waals surface area (Å²) in [7, 11) is 0. The van der Waals surface area contributed by atoms with Crippen molar-refractivity contribution in [1.82, 2.24) is 25.3 Å². The molecule has 1 unspecified atom stereocenters. The first-order valence-corrected chi connectivity index (χ1v) is 6.30. The van der Waals surface area contributed by atoms with E-state index in [0.29, 0.717) is 5.69 Å². The van der Waals surface area contributed by atoms with E-state index in [0.717, 1.165) is 11.1 Å². The maximum atomic E-state index is 12.0. The van der Waals surface area contributed by atoms with Crippen LogP contribution in [0.1, 0.15) is 21.6 Å². The SMILES string of the molecule is Cc1cnc(C(=O)NCC(O)Cn2ccnn2)c(C)c1. The number of hydrogen-bond donors (Lipinski definition) is 2. The number of aliphatic hydroxyl groups excluding tert-OH is 1. The molecule has 2 heterocycles. The Morgan fingerprint density at radius 3 is 2.95 bits per heavy atom. The van der Waals surface area contributed by atoms with E-state index in [1.807, 2.05) is 19.9 Å². The highest BCUT2D eigenvalue weighted by Crippen LogP contribution is 2.06. The predicted molar refractivity (Wildman–Crippen MR) is 72.1 cm³/mol. The molecule has 7 heteroatoms. The highest BCUT2D eigenvalue weighted by Gasteiger charge is 2.13. The van der Waals surface area contributed by atoms with Gasteiger partial charge in [-0.2, -0.15) is 0 Å². The molecule has 0 aromatic carbocycles. The van der Waals surface area contributed by atoms with Crippen molar-refractivity contribution in [2.24, 2.45) is 0 Å². The van der Waals surface area contributed by atoms with E-state index in [-0.39, 0.29) is 19.0 Å². The molecule has 0 radical (unpaired) electrons. The molecule has 0 saturated carbocycles. The largest absolute Gasteiger partial charge is 0.389 e. The molecule has 2 N–H and O–H groups in total. The Hall–Kier alpha value is -2.28. The zero-order valence-corrected chi connectivity index (χ0v) is 11.4. The third kappa shape index (κ3) is 3.61. The molecule has 1 atom stereocenters. The fourth-order valence-electron chi connectivity index (χ4n) is 1.86. The lowest BCUT2D eigenvalue weighted by Crippen LogP contribution is -2.35. The molecule has 0 aliphatic rings. The van der Waals surface area contributed by atoms with Crippen LogP contribution in [0.5, 0.6) is 0 Å². The molecule has 7 nitrogen and oxygen atoms in total. The van der Waals surface area contributed by atoms with Crippen LogP contribution in [0.4, 0.5) is 0 Å². The topological polar surface area (TPSA) is 92.9 Å². The van der Waals surface area contributed by atoms with Crippen LogP contribution in [0, 0.1) is 13.8 Å². The molecule has 2 rings (SSSR count). The molecule has 1 amide bonds. The van der Waals surface area contributed by atoms with Crippen molar-refractivity contribution in [2.75, 3.05) is 6.54 Å². The van der Waals surface area contributed by atoms with Gasteiger partial charge < -0.3 is 10.4 Å². The van der Waals surface area contributed by atoms with Gasteiger partial charge in [-0.25, -0.2) is 4.68 Å². The monoisotopic (exact) mass is 275 g/mol. The van der Waals surface area contributed by atoms with E-state index >= 15 is 0 Å². The van der Waals surface area contributed by atoms with Gasteiger partial charge in [0.25, 0.3) is 5.91 Å². The van der Waals surface area contributed by atoms with Crippen LogP contribution in [0.15, 0.2) is 24.7 Å². The Morgan fingerprint density at radius 2 is 2.30 bits per heavy atom. The molecule has 0 fully saturated rings. The van der Waals surface area contributed by atoms with Gasteiger partial charge in [0.1, 0.15) is 5.69 Å². The number of hydrogen-bond acceptors (Lipinski definition) is 5. The summed E-state index contributed by atoms with van der Waals surface area (Å²) in [6.45, 7) is 4.17. The van der Waals surface area contributed by atoms with Gasteiger partial charge in [-0.3, -0.25) is 9.78 Å². The normalized spacial score (nSPS) is 12.2. The number of amides is 1. The Kier molecular flexibility index (Phi) is 4.41. The molecular weight excluding hydrogens is 258 g/mol. The molecule has 0 spiro atoms. The van der Waals surface area contributed by atoms with Crippen molar-refractivity contribution < 1.29 is 9.90 Å². The number of aromatic nitrogens is 4. The smallest absolute Gasteiger partial charge is 0.270 e. The van der Waals surface area contributed by atoms with Gasteiger partial charge in [0.05, 0.1) is 18.8 Å². The second-order valence-corrected chi connectivity index (χ2v) is 4.67. The lowest BCUT2D eigenvalue weighted by Gasteiger charge is -2.12. The summed E-state index contributed by atoms with van der Waals surface area (Å²) >= 11 is 0. The molecule has 106 valence electrons. The highest BCUT2D eigenvalue weighted by atomic mass is 16.3. The van der Waals surface area contributed by atoms with Crippen LogP contribution < -0.4 is 5.32 Å². The number of nitrogens with zero attached hydrogens (tertiary/aromatic N) is 4. The van der Waals surface area contributed by atoms with Crippen LogP contribution in [-0.2, 0) is 6.54 Å². The first kappa shape index (κ1) is 14.1. The minimum atomic E-state index is -0.730. The van der Waals surface area contributed by atoms with Gasteiger partial charge in [-0.15, -0.1) is 5.10 Å². The quantitative estimate of drug-likeness (QED) is 0.806. The summed E-state index contributed by atoms with van der Waals surface area (Å²) in [4.78, 5) is 16.1. The fourth-order valence-corrected chi connectivity index (χ4v) is 1.86. The minimum Gasteiger partial charge on any atom is -0.389 e. The average molecular weight is 275 g/mol. The van der Waals surface area contributed by atoms with Gasteiger partial charge in [-0.1, -0.05) is 11.3 Å². The zero-order valence-electron chi connectivity index (χ0n) is 11.4. The maximum Gasteiger partial charge on any atom is 0.270 e. The van der Waals surface area contributed by atoms with E-state index in [9.17, 15) is 9.90 Å². The van der Waals surface area contributed by atoms with Crippen molar-refractivity contribution in [1.29, 1.82) is 0 Å². The maximum absolute atomic E-state index is 12.0. The Morgan fingerprint density at radius 1 is 1.50 bits per heavy atom. The van der Waals surface area contributed by atoms with Crippen molar-refractivity contribution in [2.45, 2.75) is 26.5 Å². The minimum absolute atomic E-state index is 0.133. The molecule has 0 saturated heterocycles. The van der Waals surface area contributed by atoms with Crippen molar-refractivity contribution >= 4 is 5.91 Å². The molecule has 0 bridgehead atoms. The van der Waals surface area contributed by atoms with Crippen LogP contribution in [-0.4, -0.2) is 43.6 Å². The predicted octanol–water partition coefficient (Wildman–Crippen LogP) is 0.0808. The van der Waals surface area contributed by atoms with Crippen molar-refractivity contribution in [3.8, 4) is 0 Å². The number of carbonyl (C=O) groups excluding carboxylic acids is 1. The van der Waals surface area contributed by atoms with Crippen LogP contribution in [0.3, 0.4) is 0 Å². The van der Waals surface area contributed by atoms with E-state index in [1.54, 1.807) is 12.4 Å². The number of aliphatic hydroxyl groups is 1. The van der Waals surface area contributed by atoms with Crippen LogP contribution in [0.2, 0.25) is 0 Å². The molecular formula is C13H17N5O2. The summed E-state index contributed by atoms with van der Waals surface area (Å²) in [6, 6.07) is 1.90. The van der Waals surface area contributed by atoms with Crippen molar-refractivity contribution in [3.05, 3.63) is 41.5 Å². The summed E-state index contributed by atoms with van der Waals surface area (Å²) in [5.41, 5.74) is 2.20. The second-order valence-electron chi connectivity index (χ2n) is 4.67. The molecule has 2 aromatic rings. The third-order valence-electron chi connectivity index (χ3n) is 2.80. The van der Waals surface area contributed by atoms with Crippen LogP contribution >= 0.6 is 0 Å². The summed E-state index contributed by atoms with van der Waals surface area (Å²) in [5.74, 6) is -0.292.